The van der Waals surface area contributed by atoms with Gasteiger partial charge in [-0.15, -0.1) is 0 Å². The molecule has 4 aromatic rings. The summed E-state index contributed by atoms with van der Waals surface area (Å²) in [6.45, 7) is 1.57. The van der Waals surface area contributed by atoms with E-state index in [9.17, 15) is 14.0 Å². The predicted octanol–water partition coefficient (Wildman–Crippen LogP) is 3.62. The number of benzene rings is 2. The number of rotatable bonds is 3. The minimum absolute atomic E-state index is 0.226. The summed E-state index contributed by atoms with van der Waals surface area (Å²) in [5, 5.41) is 6.94. The van der Waals surface area contributed by atoms with Gasteiger partial charge in [0.15, 0.2) is 0 Å². The van der Waals surface area contributed by atoms with Crippen molar-refractivity contribution in [2.24, 2.45) is 0 Å². The average molecular weight is 385 g/mol. The number of hydrogen-bond acceptors (Lipinski definition) is 3. The molecule has 6 nitrogen and oxygen atoms in total. The van der Waals surface area contributed by atoms with Crippen LogP contribution in [0.3, 0.4) is 0 Å². The zero-order chi connectivity index (χ0) is 19.1. The molecule has 0 saturated heterocycles. The molecule has 2 N–H and O–H groups in total. The third-order valence-electron chi connectivity index (χ3n) is 4.40. The van der Waals surface area contributed by atoms with Gasteiger partial charge in [0.1, 0.15) is 12.4 Å². The van der Waals surface area contributed by atoms with Crippen LogP contribution in [0.15, 0.2) is 47.4 Å². The summed E-state index contributed by atoms with van der Waals surface area (Å²) in [6, 6.07) is 9.33. The van der Waals surface area contributed by atoms with E-state index in [1.54, 1.807) is 25.1 Å². The van der Waals surface area contributed by atoms with Gasteiger partial charge in [-0.25, -0.2) is 9.07 Å². The highest BCUT2D eigenvalue weighted by Gasteiger charge is 2.14. The molecule has 0 spiro atoms. The Kier molecular flexibility index (Phi) is 4.16. The summed E-state index contributed by atoms with van der Waals surface area (Å²) in [5.41, 5.74) is 1.90. The highest BCUT2D eigenvalue weighted by atomic mass is 35.5. The van der Waals surface area contributed by atoms with Crippen LogP contribution in [-0.2, 0) is 11.3 Å². The molecule has 2 aromatic carbocycles. The largest absolute Gasteiger partial charge is 0.324 e. The molecule has 4 rings (SSSR count). The van der Waals surface area contributed by atoms with Gasteiger partial charge in [0.05, 0.1) is 16.4 Å². The molecule has 0 radical (unpaired) electrons. The van der Waals surface area contributed by atoms with Crippen molar-refractivity contribution in [2.75, 3.05) is 5.32 Å². The number of carbonyl (C=O) groups excluding carboxylic acids is 1. The Bertz CT molecular complexity index is 1260. The molecule has 0 aliphatic rings. The van der Waals surface area contributed by atoms with Crippen LogP contribution in [0.25, 0.3) is 21.8 Å². The Morgan fingerprint density at radius 2 is 2.11 bits per heavy atom. The van der Waals surface area contributed by atoms with E-state index in [0.717, 1.165) is 5.56 Å². The molecular formula is C19H14ClFN4O2. The second-order valence-electron chi connectivity index (χ2n) is 6.17. The summed E-state index contributed by atoms with van der Waals surface area (Å²) >= 11 is 6.05. The number of aromatic amines is 1. The Morgan fingerprint density at radius 1 is 1.30 bits per heavy atom. The van der Waals surface area contributed by atoms with Crippen molar-refractivity contribution in [2.45, 2.75) is 13.5 Å². The van der Waals surface area contributed by atoms with E-state index < -0.39 is 17.3 Å². The van der Waals surface area contributed by atoms with Gasteiger partial charge in [0.25, 0.3) is 5.56 Å². The van der Waals surface area contributed by atoms with Gasteiger partial charge in [-0.1, -0.05) is 17.7 Å². The van der Waals surface area contributed by atoms with E-state index in [1.165, 1.54) is 29.1 Å². The number of pyridine rings is 1. The van der Waals surface area contributed by atoms with Crippen molar-refractivity contribution < 1.29 is 9.18 Å². The van der Waals surface area contributed by atoms with Crippen molar-refractivity contribution in [3.8, 4) is 0 Å². The lowest BCUT2D eigenvalue weighted by Gasteiger charge is -2.09. The molecule has 0 fully saturated rings. The predicted molar refractivity (Wildman–Crippen MR) is 103 cm³/mol. The van der Waals surface area contributed by atoms with Crippen molar-refractivity contribution in [3.63, 3.8) is 0 Å². The average Bonchev–Trinajstić information content (AvgIpc) is 2.95. The first kappa shape index (κ1) is 17.2. The molecule has 0 aliphatic heterocycles. The quantitative estimate of drug-likeness (QED) is 0.566. The van der Waals surface area contributed by atoms with Gasteiger partial charge in [-0.05, 0) is 42.8 Å². The highest BCUT2D eigenvalue weighted by Crippen LogP contribution is 2.23. The molecular weight excluding hydrogens is 371 g/mol. The number of halogens is 2. The van der Waals surface area contributed by atoms with Crippen LogP contribution in [0.4, 0.5) is 10.1 Å². The number of amides is 1. The van der Waals surface area contributed by atoms with Crippen LogP contribution in [0.5, 0.6) is 0 Å². The Labute approximate surface area is 157 Å². The minimum atomic E-state index is -0.431. The van der Waals surface area contributed by atoms with E-state index in [2.05, 4.69) is 15.4 Å². The molecule has 136 valence electrons. The number of fused-ring (bicyclic) bond motifs is 3. The summed E-state index contributed by atoms with van der Waals surface area (Å²) in [5.74, 6) is -0.822. The zero-order valence-corrected chi connectivity index (χ0v) is 15.0. The molecule has 2 heterocycles. The smallest absolute Gasteiger partial charge is 0.276 e. The standard InChI is InChI=1S/C19H14ClFN4O2/c1-10-14(20)3-2-4-15(10)23-17(26)9-25-19(27)13-8-22-16-6-5-11(21)7-12(16)18(13)24-25/h2-8,24H,9H2,1H3,(H,23,26). The molecule has 8 heteroatoms. The fraction of sp³-hybridized carbons (Fsp3) is 0.105. The van der Waals surface area contributed by atoms with E-state index in [1.807, 2.05) is 0 Å². The highest BCUT2D eigenvalue weighted by molar-refractivity contribution is 6.31. The van der Waals surface area contributed by atoms with E-state index >= 15 is 0 Å². The molecule has 0 atom stereocenters. The second-order valence-corrected chi connectivity index (χ2v) is 6.58. The first-order valence-corrected chi connectivity index (χ1v) is 8.53. The monoisotopic (exact) mass is 384 g/mol. The minimum Gasteiger partial charge on any atom is -0.324 e. The lowest BCUT2D eigenvalue weighted by atomic mass is 10.2. The maximum Gasteiger partial charge on any atom is 0.276 e. The van der Waals surface area contributed by atoms with Crippen molar-refractivity contribution in [3.05, 3.63) is 69.4 Å². The Morgan fingerprint density at radius 3 is 2.93 bits per heavy atom. The lowest BCUT2D eigenvalue weighted by molar-refractivity contribution is -0.116. The lowest BCUT2D eigenvalue weighted by Crippen LogP contribution is -2.26. The number of nitrogens with zero attached hydrogens (tertiary/aromatic N) is 2. The van der Waals surface area contributed by atoms with Crippen LogP contribution in [0, 0.1) is 12.7 Å². The first-order chi connectivity index (χ1) is 12.9. The summed E-state index contributed by atoms with van der Waals surface area (Å²) < 4.78 is 14.8. The number of H-pyrrole nitrogens is 1. The summed E-state index contributed by atoms with van der Waals surface area (Å²) in [7, 11) is 0. The topological polar surface area (TPSA) is 79.8 Å². The molecule has 2 aromatic heterocycles. The molecule has 1 amide bonds. The Balaban J connectivity index is 1.69. The second kappa shape index (κ2) is 6.51. The number of nitrogens with one attached hydrogen (secondary N) is 2. The van der Waals surface area contributed by atoms with Gasteiger partial charge in [0.2, 0.25) is 5.91 Å². The number of carbonyl (C=O) groups is 1. The summed E-state index contributed by atoms with van der Waals surface area (Å²) in [6.07, 6.45) is 1.42. The van der Waals surface area contributed by atoms with E-state index in [4.69, 9.17) is 11.6 Å². The van der Waals surface area contributed by atoms with Gasteiger partial charge in [-0.2, -0.15) is 0 Å². The maximum atomic E-state index is 13.6. The number of aromatic nitrogens is 3. The SMILES string of the molecule is Cc1c(Cl)cccc1NC(=O)Cn1[nH]c2c(cnc3ccc(F)cc32)c1=O. The van der Waals surface area contributed by atoms with E-state index in [0.29, 0.717) is 32.5 Å². The molecule has 27 heavy (non-hydrogen) atoms. The van der Waals surface area contributed by atoms with Gasteiger partial charge < -0.3 is 5.32 Å². The van der Waals surface area contributed by atoms with Crippen LogP contribution in [-0.4, -0.2) is 20.7 Å². The fourth-order valence-corrected chi connectivity index (χ4v) is 3.14. The molecule has 0 bridgehead atoms. The van der Waals surface area contributed by atoms with Gasteiger partial charge in [-0.3, -0.25) is 19.7 Å². The van der Waals surface area contributed by atoms with Crippen LogP contribution in [0.2, 0.25) is 5.02 Å². The van der Waals surface area contributed by atoms with Crippen LogP contribution < -0.4 is 10.9 Å². The maximum absolute atomic E-state index is 13.6. The molecule has 0 unspecified atom stereocenters. The van der Waals surface area contributed by atoms with Crippen molar-refractivity contribution in [1.82, 2.24) is 14.8 Å². The normalized spacial score (nSPS) is 11.2. The molecule has 0 aliphatic carbocycles. The third kappa shape index (κ3) is 3.06. The Hall–Kier alpha value is -3.19. The van der Waals surface area contributed by atoms with Gasteiger partial charge in [0, 0.05) is 22.3 Å². The number of hydrogen-bond donors (Lipinski definition) is 2. The third-order valence-corrected chi connectivity index (χ3v) is 4.81. The van der Waals surface area contributed by atoms with Crippen LogP contribution >= 0.6 is 11.6 Å². The fourth-order valence-electron chi connectivity index (χ4n) is 2.97. The van der Waals surface area contributed by atoms with Crippen molar-refractivity contribution >= 4 is 45.0 Å². The van der Waals surface area contributed by atoms with E-state index in [-0.39, 0.29) is 6.54 Å². The number of anilines is 1. The van der Waals surface area contributed by atoms with Gasteiger partial charge >= 0.3 is 0 Å². The molecule has 0 saturated carbocycles. The zero-order valence-electron chi connectivity index (χ0n) is 14.2. The van der Waals surface area contributed by atoms with Crippen molar-refractivity contribution in [1.29, 1.82) is 0 Å². The first-order valence-electron chi connectivity index (χ1n) is 8.16. The van der Waals surface area contributed by atoms with Crippen LogP contribution in [0.1, 0.15) is 5.56 Å². The summed E-state index contributed by atoms with van der Waals surface area (Å²) in [4.78, 5) is 29.1.